The van der Waals surface area contributed by atoms with Gasteiger partial charge in [-0.25, -0.2) is 9.78 Å². The van der Waals surface area contributed by atoms with Crippen molar-refractivity contribution in [3.63, 3.8) is 0 Å². The Balaban J connectivity index is 1.99. The van der Waals surface area contributed by atoms with Crippen molar-refractivity contribution < 1.29 is 20.1 Å². The van der Waals surface area contributed by atoms with Gasteiger partial charge < -0.3 is 25.4 Å². The fourth-order valence-corrected chi connectivity index (χ4v) is 3.45. The zero-order chi connectivity index (χ0) is 18.6. The molecule has 0 amide bonds. The maximum atomic E-state index is 12.2. The molecule has 4 atom stereocenters. The smallest absolute Gasteiger partial charge is 0.272 e. The summed E-state index contributed by atoms with van der Waals surface area (Å²) in [5, 5.41) is 45.9. The number of aliphatic hydroxyl groups excluding tert-OH is 2. The van der Waals surface area contributed by atoms with Crippen LogP contribution in [0.5, 0.6) is 0 Å². The van der Waals surface area contributed by atoms with Crippen molar-refractivity contribution >= 4 is 27.5 Å². The molecule has 1 saturated heterocycles. The summed E-state index contributed by atoms with van der Waals surface area (Å²) in [5.74, 6) is 0.347. The summed E-state index contributed by atoms with van der Waals surface area (Å²) in [5.41, 5.74) is -1.60. The van der Waals surface area contributed by atoms with Gasteiger partial charge in [-0.15, -0.1) is 0 Å². The van der Waals surface area contributed by atoms with Crippen molar-refractivity contribution in [1.82, 2.24) is 20.0 Å². The molecule has 138 valence electrons. The summed E-state index contributed by atoms with van der Waals surface area (Å²) < 4.78 is 7.00. The third kappa shape index (κ3) is 2.23. The Morgan fingerprint density at radius 2 is 2.23 bits per heavy atom. The fraction of sp³-hybridized carbons (Fsp3) is 0.438. The van der Waals surface area contributed by atoms with Gasteiger partial charge in [-0.05, 0) is 13.0 Å². The maximum absolute atomic E-state index is 12.2. The predicted octanol–water partition coefficient (Wildman–Crippen LogP) is -0.684. The van der Waals surface area contributed by atoms with Gasteiger partial charge in [-0.1, -0.05) is 6.07 Å². The zero-order valence-electron chi connectivity index (χ0n) is 14.2. The lowest BCUT2D eigenvalue weighted by Gasteiger charge is -2.27. The quantitative estimate of drug-likeness (QED) is 0.412. The number of ether oxygens (including phenoxy) is 1. The highest BCUT2D eigenvalue weighted by Gasteiger charge is 2.53. The van der Waals surface area contributed by atoms with Gasteiger partial charge in [0.05, 0.1) is 12.0 Å². The van der Waals surface area contributed by atoms with Crippen molar-refractivity contribution in [2.45, 2.75) is 31.0 Å². The monoisotopic (exact) mass is 361 g/mol. The van der Waals surface area contributed by atoms with Gasteiger partial charge >= 0.3 is 0 Å². The largest absolute Gasteiger partial charge is 0.394 e. The Kier molecular flexibility index (Phi) is 3.74. The molecule has 0 unspecified atom stereocenters. The Hall–Kier alpha value is -2.53. The van der Waals surface area contributed by atoms with Crippen molar-refractivity contribution in [3.05, 3.63) is 28.7 Å². The number of rotatable bonds is 3. The van der Waals surface area contributed by atoms with E-state index in [2.05, 4.69) is 20.6 Å². The SMILES string of the molecule is CNc1n[nH]c(=O)c2ccc3cn([C@@H]4O[C@H](CO)[C@@H](O)[C@@]4(C)O)nc1c32. The van der Waals surface area contributed by atoms with Gasteiger partial charge in [-0.3, -0.25) is 4.79 Å². The van der Waals surface area contributed by atoms with E-state index in [-0.39, 0.29) is 5.56 Å². The van der Waals surface area contributed by atoms with Gasteiger partial charge in [0, 0.05) is 24.0 Å². The van der Waals surface area contributed by atoms with Crippen molar-refractivity contribution in [3.8, 4) is 0 Å². The molecule has 4 rings (SSSR count). The Morgan fingerprint density at radius 1 is 1.46 bits per heavy atom. The molecule has 0 spiro atoms. The molecule has 1 aliphatic heterocycles. The molecule has 10 nitrogen and oxygen atoms in total. The highest BCUT2D eigenvalue weighted by Crippen LogP contribution is 2.39. The van der Waals surface area contributed by atoms with Crippen LogP contribution >= 0.6 is 0 Å². The summed E-state index contributed by atoms with van der Waals surface area (Å²) in [6.07, 6.45) is -1.62. The standard InChI is InChI=1S/C16H19N5O5/c1-16(25)12(23)9(6-22)26-15(16)21-5-7-3-4-8-10(7)11(20-21)13(17-2)18-19-14(8)24/h3-5,9,12,15,22-23,25H,6H2,1-2H3,(H,17,18)(H,19,24)/t9-,12-,15-,16-/m1/s1. The maximum Gasteiger partial charge on any atom is 0.272 e. The van der Waals surface area contributed by atoms with Crippen LogP contribution in [0.25, 0.3) is 21.7 Å². The van der Waals surface area contributed by atoms with Crippen LogP contribution in [0.3, 0.4) is 0 Å². The van der Waals surface area contributed by atoms with Crippen molar-refractivity contribution in [2.75, 3.05) is 19.0 Å². The van der Waals surface area contributed by atoms with Crippen LogP contribution in [0.4, 0.5) is 5.82 Å². The molecule has 26 heavy (non-hydrogen) atoms. The van der Waals surface area contributed by atoms with Gasteiger partial charge in [0.1, 0.15) is 23.3 Å². The summed E-state index contributed by atoms with van der Waals surface area (Å²) in [7, 11) is 1.65. The molecule has 3 heterocycles. The van der Waals surface area contributed by atoms with E-state index in [0.29, 0.717) is 27.5 Å². The summed E-state index contributed by atoms with van der Waals surface area (Å²) in [6.45, 7) is 0.981. The molecule has 0 saturated carbocycles. The second-order valence-electron chi connectivity index (χ2n) is 6.57. The van der Waals surface area contributed by atoms with Gasteiger partial charge in [0.25, 0.3) is 5.56 Å². The first-order valence-corrected chi connectivity index (χ1v) is 8.13. The van der Waals surface area contributed by atoms with Crippen LogP contribution in [-0.2, 0) is 4.74 Å². The number of anilines is 1. The molecule has 1 aliphatic rings. The van der Waals surface area contributed by atoms with E-state index in [9.17, 15) is 20.1 Å². The lowest BCUT2D eigenvalue weighted by molar-refractivity contribution is -0.102. The third-order valence-electron chi connectivity index (χ3n) is 4.86. The molecule has 5 N–H and O–H groups in total. The van der Waals surface area contributed by atoms with Crippen LogP contribution in [0.2, 0.25) is 0 Å². The van der Waals surface area contributed by atoms with E-state index < -0.39 is 30.6 Å². The topological polar surface area (TPSA) is 146 Å². The van der Waals surface area contributed by atoms with Gasteiger partial charge in [-0.2, -0.15) is 10.2 Å². The molecular weight excluding hydrogens is 342 g/mol. The van der Waals surface area contributed by atoms with Crippen molar-refractivity contribution in [2.24, 2.45) is 0 Å². The van der Waals surface area contributed by atoms with Crippen molar-refractivity contribution in [1.29, 1.82) is 0 Å². The molecule has 0 bridgehead atoms. The molecule has 10 heteroatoms. The summed E-state index contributed by atoms with van der Waals surface area (Å²) >= 11 is 0. The van der Waals surface area contributed by atoms with Crippen LogP contribution < -0.4 is 10.9 Å². The first-order chi connectivity index (χ1) is 12.4. The van der Waals surface area contributed by atoms with Gasteiger partial charge in [0.15, 0.2) is 12.0 Å². The first kappa shape index (κ1) is 16.9. The number of aliphatic hydroxyl groups is 3. The lowest BCUT2D eigenvalue weighted by Crippen LogP contribution is -2.44. The normalized spacial score (nSPS) is 28.9. The minimum Gasteiger partial charge on any atom is -0.394 e. The average Bonchev–Trinajstić information content (AvgIpc) is 3.10. The van der Waals surface area contributed by atoms with Crippen LogP contribution in [-0.4, -0.2) is 66.8 Å². The molecule has 0 aliphatic carbocycles. The number of nitrogens with zero attached hydrogens (tertiary/aromatic N) is 3. The molecule has 0 radical (unpaired) electrons. The second kappa shape index (κ2) is 5.74. The zero-order valence-corrected chi connectivity index (χ0v) is 14.2. The average molecular weight is 361 g/mol. The highest BCUT2D eigenvalue weighted by atomic mass is 16.6. The molecule has 3 aromatic rings. The third-order valence-corrected chi connectivity index (χ3v) is 4.86. The van der Waals surface area contributed by atoms with Crippen LogP contribution in [0, 0.1) is 0 Å². The summed E-state index contributed by atoms with van der Waals surface area (Å²) in [4.78, 5) is 12.2. The molecule has 2 aromatic heterocycles. The lowest BCUT2D eigenvalue weighted by atomic mass is 9.97. The number of hydrogen-bond donors (Lipinski definition) is 5. The molecule has 1 fully saturated rings. The number of hydrogen-bond acceptors (Lipinski definition) is 8. The van der Waals surface area contributed by atoms with Crippen LogP contribution in [0.15, 0.2) is 23.1 Å². The summed E-state index contributed by atoms with van der Waals surface area (Å²) in [6, 6.07) is 3.43. The van der Waals surface area contributed by atoms with E-state index >= 15 is 0 Å². The minimum atomic E-state index is -1.67. The van der Waals surface area contributed by atoms with E-state index in [1.54, 1.807) is 25.4 Å². The number of aromatic amines is 1. The van der Waals surface area contributed by atoms with E-state index in [0.717, 1.165) is 0 Å². The van der Waals surface area contributed by atoms with E-state index in [1.807, 2.05) is 0 Å². The number of H-pyrrole nitrogens is 1. The highest BCUT2D eigenvalue weighted by molar-refractivity contribution is 6.11. The predicted molar refractivity (Wildman–Crippen MR) is 92.8 cm³/mol. The Labute approximate surface area is 147 Å². The molecular formula is C16H19N5O5. The number of nitrogens with one attached hydrogen (secondary N) is 2. The minimum absolute atomic E-state index is 0.342. The second-order valence-corrected chi connectivity index (χ2v) is 6.57. The Bertz CT molecular complexity index is 1040. The number of aromatic nitrogens is 4. The Morgan fingerprint density at radius 3 is 2.88 bits per heavy atom. The van der Waals surface area contributed by atoms with Crippen LogP contribution in [0.1, 0.15) is 13.2 Å². The first-order valence-electron chi connectivity index (χ1n) is 8.13. The van der Waals surface area contributed by atoms with E-state index in [4.69, 9.17) is 4.74 Å². The van der Waals surface area contributed by atoms with Gasteiger partial charge in [0.2, 0.25) is 0 Å². The fourth-order valence-electron chi connectivity index (χ4n) is 3.45. The van der Waals surface area contributed by atoms with E-state index in [1.165, 1.54) is 11.6 Å². The molecule has 1 aromatic carbocycles.